The van der Waals surface area contributed by atoms with Crippen molar-refractivity contribution in [2.24, 2.45) is 0 Å². The fourth-order valence-electron chi connectivity index (χ4n) is 2.28. The number of para-hydroxylation sites is 1. The maximum absolute atomic E-state index is 11.9. The number of urea groups is 1. The highest BCUT2D eigenvalue weighted by atomic mass is 16.2. The Morgan fingerprint density at radius 2 is 1.21 bits per heavy atom. The first kappa shape index (κ1) is 15.6. The molecule has 0 bridgehead atoms. The lowest BCUT2D eigenvalue weighted by Gasteiger charge is -2.10. The van der Waals surface area contributed by atoms with Crippen molar-refractivity contribution in [3.05, 3.63) is 90.5 Å². The molecule has 0 heterocycles. The van der Waals surface area contributed by atoms with E-state index in [0.29, 0.717) is 6.54 Å². The summed E-state index contributed by atoms with van der Waals surface area (Å²) in [4.78, 5) is 11.9. The van der Waals surface area contributed by atoms with E-state index in [9.17, 15) is 4.79 Å². The second-order valence-corrected chi connectivity index (χ2v) is 5.36. The number of carbonyl (C=O) groups is 1. The van der Waals surface area contributed by atoms with Gasteiger partial charge in [0.25, 0.3) is 0 Å². The molecule has 0 aromatic heterocycles. The minimum atomic E-state index is -0.220. The first-order valence-electron chi connectivity index (χ1n) is 7.80. The first-order chi connectivity index (χ1) is 11.8. The Balaban J connectivity index is 1.51. The van der Waals surface area contributed by atoms with Gasteiger partial charge in [-0.25, -0.2) is 4.79 Å². The molecule has 0 saturated heterocycles. The Kier molecular flexibility index (Phi) is 5.10. The predicted octanol–water partition coefficient (Wildman–Crippen LogP) is 4.75. The normalized spacial score (nSPS) is 10.0. The summed E-state index contributed by atoms with van der Waals surface area (Å²) in [7, 11) is 0. The van der Waals surface area contributed by atoms with Crippen molar-refractivity contribution in [1.29, 1.82) is 0 Å². The molecule has 24 heavy (non-hydrogen) atoms. The lowest BCUT2D eigenvalue weighted by Crippen LogP contribution is -2.28. The predicted molar refractivity (Wildman–Crippen MR) is 98.5 cm³/mol. The first-order valence-corrected chi connectivity index (χ1v) is 7.80. The Morgan fingerprint density at radius 1 is 0.667 bits per heavy atom. The van der Waals surface area contributed by atoms with Crippen LogP contribution in [0.2, 0.25) is 0 Å². The summed E-state index contributed by atoms with van der Waals surface area (Å²) in [5.74, 6) is 0. The molecule has 120 valence electrons. The fourth-order valence-corrected chi connectivity index (χ4v) is 2.28. The number of benzene rings is 3. The van der Waals surface area contributed by atoms with E-state index in [-0.39, 0.29) is 6.03 Å². The maximum Gasteiger partial charge on any atom is 0.319 e. The summed E-state index contributed by atoms with van der Waals surface area (Å²) in [5, 5.41) is 8.96. The van der Waals surface area contributed by atoms with Crippen LogP contribution in [0.25, 0.3) is 0 Å². The number of hydrogen-bond acceptors (Lipinski definition) is 2. The molecule has 0 unspecified atom stereocenters. The van der Waals surface area contributed by atoms with E-state index in [2.05, 4.69) is 16.0 Å². The molecule has 0 atom stereocenters. The summed E-state index contributed by atoms with van der Waals surface area (Å²) in [6, 6.07) is 27.1. The van der Waals surface area contributed by atoms with Crippen molar-refractivity contribution in [2.45, 2.75) is 6.54 Å². The summed E-state index contributed by atoms with van der Waals surface area (Å²) in [5.41, 5.74) is 3.81. The fraction of sp³-hybridized carbons (Fsp3) is 0.0500. The Bertz CT molecular complexity index is 771. The van der Waals surface area contributed by atoms with E-state index in [4.69, 9.17) is 0 Å². The zero-order valence-electron chi connectivity index (χ0n) is 13.2. The van der Waals surface area contributed by atoms with Crippen LogP contribution in [0, 0.1) is 0 Å². The molecule has 4 heteroatoms. The molecule has 0 aliphatic carbocycles. The minimum absolute atomic E-state index is 0.220. The van der Waals surface area contributed by atoms with Crippen LogP contribution in [0.3, 0.4) is 0 Å². The van der Waals surface area contributed by atoms with Crippen molar-refractivity contribution in [2.75, 3.05) is 10.6 Å². The molecule has 0 aliphatic heterocycles. The summed E-state index contributed by atoms with van der Waals surface area (Å²) < 4.78 is 0. The van der Waals surface area contributed by atoms with E-state index in [1.807, 2.05) is 84.9 Å². The third kappa shape index (κ3) is 4.61. The van der Waals surface area contributed by atoms with E-state index in [1.54, 1.807) is 0 Å². The highest BCUT2D eigenvalue weighted by Crippen LogP contribution is 2.18. The van der Waals surface area contributed by atoms with Gasteiger partial charge in [-0.2, -0.15) is 0 Å². The molecule has 0 spiro atoms. The van der Waals surface area contributed by atoms with Crippen molar-refractivity contribution in [3.63, 3.8) is 0 Å². The van der Waals surface area contributed by atoms with Crippen molar-refractivity contribution in [1.82, 2.24) is 5.32 Å². The number of anilines is 3. The van der Waals surface area contributed by atoms with Crippen LogP contribution >= 0.6 is 0 Å². The van der Waals surface area contributed by atoms with Crippen molar-refractivity contribution < 1.29 is 4.79 Å². The lowest BCUT2D eigenvalue weighted by atomic mass is 10.2. The molecule has 3 rings (SSSR count). The number of nitrogens with one attached hydrogen (secondary N) is 3. The van der Waals surface area contributed by atoms with Gasteiger partial charge in [-0.05, 0) is 42.0 Å². The average Bonchev–Trinajstić information content (AvgIpc) is 2.63. The monoisotopic (exact) mass is 317 g/mol. The van der Waals surface area contributed by atoms with Gasteiger partial charge in [-0.3, -0.25) is 0 Å². The number of carbonyl (C=O) groups excluding carboxylic acids is 1. The average molecular weight is 317 g/mol. The summed E-state index contributed by atoms with van der Waals surface area (Å²) in [6.45, 7) is 0.500. The van der Waals surface area contributed by atoms with Gasteiger partial charge in [0.15, 0.2) is 0 Å². The van der Waals surface area contributed by atoms with Gasteiger partial charge in [-0.15, -0.1) is 0 Å². The molecule has 3 aromatic carbocycles. The third-order valence-electron chi connectivity index (χ3n) is 3.50. The summed E-state index contributed by atoms with van der Waals surface area (Å²) >= 11 is 0. The molecular weight excluding hydrogens is 298 g/mol. The quantitative estimate of drug-likeness (QED) is 0.636. The van der Waals surface area contributed by atoms with Crippen molar-refractivity contribution in [3.8, 4) is 0 Å². The van der Waals surface area contributed by atoms with Gasteiger partial charge in [0.1, 0.15) is 0 Å². The van der Waals surface area contributed by atoms with Crippen molar-refractivity contribution >= 4 is 23.1 Å². The smallest absolute Gasteiger partial charge is 0.319 e. The zero-order chi connectivity index (χ0) is 16.6. The van der Waals surface area contributed by atoms with Crippen LogP contribution < -0.4 is 16.0 Å². The molecule has 3 N–H and O–H groups in total. The zero-order valence-corrected chi connectivity index (χ0v) is 13.2. The lowest BCUT2D eigenvalue weighted by molar-refractivity contribution is 0.251. The van der Waals surface area contributed by atoms with E-state index >= 15 is 0 Å². The number of hydrogen-bond donors (Lipinski definition) is 3. The second kappa shape index (κ2) is 7.83. The topological polar surface area (TPSA) is 53.2 Å². The molecule has 3 aromatic rings. The molecule has 2 amide bonds. The van der Waals surface area contributed by atoms with Crippen LogP contribution in [0.4, 0.5) is 21.9 Å². The minimum Gasteiger partial charge on any atom is -0.356 e. The number of amides is 2. The molecular formula is C20H19N3O. The highest BCUT2D eigenvalue weighted by molar-refractivity contribution is 5.89. The van der Waals surface area contributed by atoms with Crippen LogP contribution in [0.1, 0.15) is 5.56 Å². The van der Waals surface area contributed by atoms with Gasteiger partial charge in [0, 0.05) is 23.6 Å². The van der Waals surface area contributed by atoms with Gasteiger partial charge in [0.05, 0.1) is 0 Å². The molecule has 0 aliphatic rings. The SMILES string of the molecule is O=C(NCc1ccccc1)Nc1ccc(Nc2ccccc2)cc1. The Labute approximate surface area is 141 Å². The Hall–Kier alpha value is -3.27. The van der Waals surface area contributed by atoms with Crippen LogP contribution in [0.5, 0.6) is 0 Å². The van der Waals surface area contributed by atoms with Crippen LogP contribution in [-0.4, -0.2) is 6.03 Å². The maximum atomic E-state index is 11.9. The van der Waals surface area contributed by atoms with E-state index < -0.39 is 0 Å². The van der Waals surface area contributed by atoms with Gasteiger partial charge in [0.2, 0.25) is 0 Å². The van der Waals surface area contributed by atoms with Gasteiger partial charge >= 0.3 is 6.03 Å². The second-order valence-electron chi connectivity index (χ2n) is 5.36. The molecule has 0 radical (unpaired) electrons. The van der Waals surface area contributed by atoms with Gasteiger partial charge < -0.3 is 16.0 Å². The Morgan fingerprint density at radius 3 is 1.88 bits per heavy atom. The van der Waals surface area contributed by atoms with E-state index in [0.717, 1.165) is 22.6 Å². The molecule has 4 nitrogen and oxygen atoms in total. The van der Waals surface area contributed by atoms with Crippen LogP contribution in [-0.2, 0) is 6.54 Å². The van der Waals surface area contributed by atoms with Crippen LogP contribution in [0.15, 0.2) is 84.9 Å². The highest BCUT2D eigenvalue weighted by Gasteiger charge is 2.02. The molecule has 0 saturated carbocycles. The number of rotatable bonds is 5. The van der Waals surface area contributed by atoms with Gasteiger partial charge in [-0.1, -0.05) is 48.5 Å². The largest absolute Gasteiger partial charge is 0.356 e. The third-order valence-corrected chi connectivity index (χ3v) is 3.50. The van der Waals surface area contributed by atoms with E-state index in [1.165, 1.54) is 0 Å². The summed E-state index contributed by atoms with van der Waals surface area (Å²) in [6.07, 6.45) is 0. The molecule has 0 fully saturated rings. The standard InChI is InChI=1S/C20H19N3O/c24-20(21-15-16-7-3-1-4-8-16)23-19-13-11-18(12-14-19)22-17-9-5-2-6-10-17/h1-14,22H,15H2,(H2,21,23,24).